The van der Waals surface area contributed by atoms with Crippen LogP contribution in [-0.4, -0.2) is 29.9 Å². The lowest BCUT2D eigenvalue weighted by Gasteiger charge is -2.38. The van der Waals surface area contributed by atoms with E-state index in [2.05, 4.69) is 64.2 Å². The molecule has 1 aromatic rings. The topological polar surface area (TPSA) is 32.3 Å². The molecule has 0 aliphatic carbocycles. The van der Waals surface area contributed by atoms with Gasteiger partial charge < -0.3 is 10.2 Å². The molecule has 0 spiro atoms. The summed E-state index contributed by atoms with van der Waals surface area (Å²) in [7, 11) is 0. The zero-order valence-corrected chi connectivity index (χ0v) is 15.5. The van der Waals surface area contributed by atoms with Crippen molar-refractivity contribution >= 4 is 5.91 Å². The number of nitrogens with zero attached hydrogens (tertiary/aromatic N) is 1. The second kappa shape index (κ2) is 7.04. The van der Waals surface area contributed by atoms with Crippen LogP contribution in [-0.2, 0) is 10.2 Å². The summed E-state index contributed by atoms with van der Waals surface area (Å²) < 4.78 is 0. The maximum absolute atomic E-state index is 11.5. The summed E-state index contributed by atoms with van der Waals surface area (Å²) in [5.41, 5.74) is 2.90. The molecule has 1 aromatic carbocycles. The average Bonchev–Trinajstić information content (AvgIpc) is 2.48. The van der Waals surface area contributed by atoms with E-state index in [4.69, 9.17) is 0 Å². The number of rotatable bonds is 3. The van der Waals surface area contributed by atoms with E-state index >= 15 is 0 Å². The molecule has 2 rings (SSSR count). The van der Waals surface area contributed by atoms with Crippen molar-refractivity contribution in [3.8, 4) is 0 Å². The predicted molar refractivity (Wildman–Crippen MR) is 96.5 cm³/mol. The van der Waals surface area contributed by atoms with Crippen molar-refractivity contribution < 1.29 is 4.79 Å². The molecule has 3 nitrogen and oxygen atoms in total. The second-order valence-electron chi connectivity index (χ2n) is 8.10. The van der Waals surface area contributed by atoms with Crippen LogP contribution in [0.15, 0.2) is 24.3 Å². The molecule has 1 fully saturated rings. The van der Waals surface area contributed by atoms with Crippen LogP contribution in [0.2, 0.25) is 0 Å². The van der Waals surface area contributed by atoms with Gasteiger partial charge in [-0.3, -0.25) is 4.79 Å². The summed E-state index contributed by atoms with van der Waals surface area (Å²) in [5, 5.41) is 3.76. The first-order valence-corrected chi connectivity index (χ1v) is 8.80. The fourth-order valence-electron chi connectivity index (χ4n) is 3.37. The Hall–Kier alpha value is -1.35. The van der Waals surface area contributed by atoms with E-state index in [0.29, 0.717) is 18.0 Å². The largest absolute Gasteiger partial charge is 0.343 e. The standard InChI is InChI=1S/C20H32N2O/c1-14-13-22(16(3)23)12-11-19(14)21-15(2)17-7-9-18(10-8-17)20(4,5)6/h7-10,14-15,19,21H,11-13H2,1-6H3. The molecule has 0 radical (unpaired) electrons. The number of amides is 1. The first-order valence-electron chi connectivity index (χ1n) is 8.80. The van der Waals surface area contributed by atoms with Gasteiger partial charge in [-0.25, -0.2) is 0 Å². The smallest absolute Gasteiger partial charge is 0.219 e. The zero-order chi connectivity index (χ0) is 17.2. The van der Waals surface area contributed by atoms with Crippen molar-refractivity contribution in [2.24, 2.45) is 5.92 Å². The van der Waals surface area contributed by atoms with Crippen LogP contribution >= 0.6 is 0 Å². The number of benzene rings is 1. The zero-order valence-electron chi connectivity index (χ0n) is 15.5. The summed E-state index contributed by atoms with van der Waals surface area (Å²) in [4.78, 5) is 13.5. The van der Waals surface area contributed by atoms with Gasteiger partial charge in [0.15, 0.2) is 0 Å². The molecular weight excluding hydrogens is 284 g/mol. The molecule has 1 saturated heterocycles. The van der Waals surface area contributed by atoms with E-state index in [0.717, 1.165) is 19.5 Å². The Bertz CT molecular complexity index is 530. The van der Waals surface area contributed by atoms with Crippen LogP contribution in [0, 0.1) is 5.92 Å². The van der Waals surface area contributed by atoms with Gasteiger partial charge >= 0.3 is 0 Å². The Balaban J connectivity index is 1.97. The van der Waals surface area contributed by atoms with Crippen LogP contribution in [0.25, 0.3) is 0 Å². The van der Waals surface area contributed by atoms with Crippen molar-refractivity contribution in [3.05, 3.63) is 35.4 Å². The number of hydrogen-bond donors (Lipinski definition) is 1. The van der Waals surface area contributed by atoms with Crippen LogP contribution in [0.5, 0.6) is 0 Å². The Morgan fingerprint density at radius 2 is 1.87 bits per heavy atom. The molecule has 0 saturated carbocycles. The molecule has 1 amide bonds. The number of carbonyl (C=O) groups is 1. The highest BCUT2D eigenvalue weighted by Gasteiger charge is 2.28. The van der Waals surface area contributed by atoms with Gasteiger partial charge in [-0.15, -0.1) is 0 Å². The lowest BCUT2D eigenvalue weighted by atomic mass is 9.86. The number of nitrogens with one attached hydrogen (secondary N) is 1. The molecule has 0 aromatic heterocycles. The monoisotopic (exact) mass is 316 g/mol. The molecule has 3 atom stereocenters. The van der Waals surface area contributed by atoms with Gasteiger partial charge in [0, 0.05) is 32.1 Å². The molecule has 1 aliphatic heterocycles. The molecule has 0 bridgehead atoms. The number of carbonyl (C=O) groups excluding carboxylic acids is 1. The lowest BCUT2D eigenvalue weighted by molar-refractivity contribution is -0.130. The van der Waals surface area contributed by atoms with Gasteiger partial charge in [0.05, 0.1) is 0 Å². The maximum atomic E-state index is 11.5. The highest BCUT2D eigenvalue weighted by molar-refractivity contribution is 5.73. The predicted octanol–water partition coefficient (Wildman–Crippen LogP) is 3.89. The highest BCUT2D eigenvalue weighted by Crippen LogP contribution is 2.25. The minimum absolute atomic E-state index is 0.195. The minimum atomic E-state index is 0.195. The average molecular weight is 316 g/mol. The maximum Gasteiger partial charge on any atom is 0.219 e. The van der Waals surface area contributed by atoms with Gasteiger partial charge in [-0.2, -0.15) is 0 Å². The van der Waals surface area contributed by atoms with Gasteiger partial charge in [0.2, 0.25) is 5.91 Å². The van der Waals surface area contributed by atoms with Crippen molar-refractivity contribution in [2.75, 3.05) is 13.1 Å². The highest BCUT2D eigenvalue weighted by atomic mass is 16.2. The van der Waals surface area contributed by atoms with E-state index < -0.39 is 0 Å². The third-order valence-electron chi connectivity index (χ3n) is 5.09. The van der Waals surface area contributed by atoms with E-state index in [9.17, 15) is 4.79 Å². The quantitative estimate of drug-likeness (QED) is 0.917. The first-order chi connectivity index (χ1) is 10.7. The van der Waals surface area contributed by atoms with Gasteiger partial charge in [0.1, 0.15) is 0 Å². The third-order valence-corrected chi connectivity index (χ3v) is 5.09. The van der Waals surface area contributed by atoms with Crippen LogP contribution in [0.3, 0.4) is 0 Å². The Labute approximate surface area is 141 Å². The van der Waals surface area contributed by atoms with Crippen molar-refractivity contribution in [1.82, 2.24) is 10.2 Å². The van der Waals surface area contributed by atoms with Gasteiger partial charge in [0.25, 0.3) is 0 Å². The van der Waals surface area contributed by atoms with E-state index in [1.54, 1.807) is 6.92 Å². The minimum Gasteiger partial charge on any atom is -0.343 e. The summed E-state index contributed by atoms with van der Waals surface area (Å²) in [5.74, 6) is 0.685. The molecule has 128 valence electrons. The van der Waals surface area contributed by atoms with Crippen molar-refractivity contribution in [2.45, 2.75) is 65.5 Å². The fourth-order valence-corrected chi connectivity index (χ4v) is 3.37. The molecule has 1 aliphatic rings. The van der Waals surface area contributed by atoms with Gasteiger partial charge in [-0.1, -0.05) is 52.0 Å². The Morgan fingerprint density at radius 3 is 2.35 bits per heavy atom. The molecule has 1 heterocycles. The molecular formula is C20H32N2O. The van der Waals surface area contributed by atoms with E-state index in [1.807, 2.05) is 4.90 Å². The van der Waals surface area contributed by atoms with Gasteiger partial charge in [-0.05, 0) is 35.8 Å². The first kappa shape index (κ1) is 18.0. The second-order valence-corrected chi connectivity index (χ2v) is 8.10. The summed E-state index contributed by atoms with van der Waals surface area (Å²) in [6, 6.07) is 9.79. The number of likely N-dealkylation sites (tertiary alicyclic amines) is 1. The van der Waals surface area contributed by atoms with Crippen LogP contribution in [0.1, 0.15) is 65.1 Å². The third kappa shape index (κ3) is 4.57. The molecule has 1 N–H and O–H groups in total. The summed E-state index contributed by atoms with van der Waals surface area (Å²) in [6.07, 6.45) is 1.03. The lowest BCUT2D eigenvalue weighted by Crippen LogP contribution is -2.50. The number of hydrogen-bond acceptors (Lipinski definition) is 2. The SMILES string of the molecule is CC(=O)N1CCC(NC(C)c2ccc(C(C)(C)C)cc2)C(C)C1. The molecule has 3 unspecified atom stereocenters. The summed E-state index contributed by atoms with van der Waals surface area (Å²) in [6.45, 7) is 14.6. The van der Waals surface area contributed by atoms with E-state index in [1.165, 1.54) is 11.1 Å². The van der Waals surface area contributed by atoms with Crippen molar-refractivity contribution in [3.63, 3.8) is 0 Å². The fraction of sp³-hybridized carbons (Fsp3) is 0.650. The molecule has 3 heteroatoms. The van der Waals surface area contributed by atoms with Crippen LogP contribution in [0.4, 0.5) is 0 Å². The van der Waals surface area contributed by atoms with Crippen LogP contribution < -0.4 is 5.32 Å². The number of piperidine rings is 1. The molecule has 23 heavy (non-hydrogen) atoms. The Kier molecular flexibility index (Phi) is 5.51. The normalized spacial score (nSPS) is 23.7. The van der Waals surface area contributed by atoms with E-state index in [-0.39, 0.29) is 11.3 Å². The summed E-state index contributed by atoms with van der Waals surface area (Å²) >= 11 is 0. The Morgan fingerprint density at radius 1 is 1.26 bits per heavy atom. The van der Waals surface area contributed by atoms with Crippen molar-refractivity contribution in [1.29, 1.82) is 0 Å².